The van der Waals surface area contributed by atoms with Crippen LogP contribution in [0.4, 0.5) is 4.79 Å². The van der Waals surface area contributed by atoms with E-state index in [1.807, 2.05) is 24.3 Å². The van der Waals surface area contributed by atoms with E-state index in [1.165, 1.54) is 0 Å². The van der Waals surface area contributed by atoms with Gasteiger partial charge in [-0.25, -0.2) is 4.79 Å². The van der Waals surface area contributed by atoms with Crippen molar-refractivity contribution < 1.29 is 9.90 Å². The molecule has 1 aliphatic carbocycles. The Labute approximate surface area is 146 Å². The summed E-state index contributed by atoms with van der Waals surface area (Å²) in [6.45, 7) is 0.683. The van der Waals surface area contributed by atoms with Crippen molar-refractivity contribution in [3.63, 3.8) is 0 Å². The lowest BCUT2D eigenvalue weighted by Gasteiger charge is -2.19. The Kier molecular flexibility index (Phi) is 5.02. The van der Waals surface area contributed by atoms with Crippen molar-refractivity contribution in [3.05, 3.63) is 64.9 Å². The van der Waals surface area contributed by atoms with Crippen LogP contribution < -0.4 is 10.6 Å². The summed E-state index contributed by atoms with van der Waals surface area (Å²) in [6, 6.07) is 10.9. The molecule has 6 heteroatoms. The van der Waals surface area contributed by atoms with Crippen molar-refractivity contribution in [3.8, 4) is 0 Å². The molecule has 1 fully saturated rings. The van der Waals surface area contributed by atoms with Gasteiger partial charge in [-0.1, -0.05) is 29.8 Å². The normalized spacial score (nSPS) is 16.2. The standard InChI is InChI=1S/C18H20ClN3O2/c19-15-4-2-1-3-14(15)18(7-8-18)12-22-17(24)21-11-16(23)13-5-9-20-10-6-13/h1-6,9-10,16,23H,7-8,11-12H2,(H2,21,22,24). The molecule has 1 saturated carbocycles. The zero-order chi connectivity index (χ0) is 17.0. The molecule has 24 heavy (non-hydrogen) atoms. The first-order chi connectivity index (χ1) is 11.6. The molecule has 0 bridgehead atoms. The first-order valence-corrected chi connectivity index (χ1v) is 8.33. The molecule has 1 heterocycles. The van der Waals surface area contributed by atoms with Gasteiger partial charge in [0.2, 0.25) is 0 Å². The summed E-state index contributed by atoms with van der Waals surface area (Å²) >= 11 is 6.27. The lowest BCUT2D eigenvalue weighted by molar-refractivity contribution is 0.173. The number of hydrogen-bond donors (Lipinski definition) is 3. The van der Waals surface area contributed by atoms with Gasteiger partial charge in [-0.15, -0.1) is 0 Å². The third-order valence-electron chi connectivity index (χ3n) is 4.43. The van der Waals surface area contributed by atoms with Crippen molar-refractivity contribution in [1.82, 2.24) is 15.6 Å². The van der Waals surface area contributed by atoms with Crippen LogP contribution in [-0.2, 0) is 5.41 Å². The number of amides is 2. The van der Waals surface area contributed by atoms with Crippen LogP contribution in [0.25, 0.3) is 0 Å². The largest absolute Gasteiger partial charge is 0.387 e. The fourth-order valence-corrected chi connectivity index (χ4v) is 3.12. The van der Waals surface area contributed by atoms with Crippen LogP contribution >= 0.6 is 11.6 Å². The number of carbonyl (C=O) groups excluding carboxylic acids is 1. The van der Waals surface area contributed by atoms with Crippen LogP contribution in [0, 0.1) is 0 Å². The molecular formula is C18H20ClN3O2. The smallest absolute Gasteiger partial charge is 0.314 e. The summed E-state index contributed by atoms with van der Waals surface area (Å²) in [5.74, 6) is 0. The molecule has 1 unspecified atom stereocenters. The molecule has 0 aliphatic heterocycles. The average Bonchev–Trinajstić information content (AvgIpc) is 3.40. The highest BCUT2D eigenvalue weighted by atomic mass is 35.5. The molecule has 5 nitrogen and oxygen atoms in total. The van der Waals surface area contributed by atoms with Crippen LogP contribution in [0.5, 0.6) is 0 Å². The molecule has 1 aromatic heterocycles. The van der Waals surface area contributed by atoms with E-state index < -0.39 is 6.10 Å². The van der Waals surface area contributed by atoms with Gasteiger partial charge >= 0.3 is 6.03 Å². The summed E-state index contributed by atoms with van der Waals surface area (Å²) in [5.41, 5.74) is 1.75. The number of halogens is 1. The van der Waals surface area contributed by atoms with Gasteiger partial charge in [-0.2, -0.15) is 0 Å². The topological polar surface area (TPSA) is 74.2 Å². The van der Waals surface area contributed by atoms with Gasteiger partial charge in [-0.3, -0.25) is 4.98 Å². The third kappa shape index (κ3) is 3.86. The van der Waals surface area contributed by atoms with Crippen molar-refractivity contribution in [1.29, 1.82) is 0 Å². The number of aliphatic hydroxyl groups excluding tert-OH is 1. The number of carbonyl (C=O) groups is 1. The van der Waals surface area contributed by atoms with Gasteiger partial charge in [0.1, 0.15) is 0 Å². The maximum Gasteiger partial charge on any atom is 0.314 e. The van der Waals surface area contributed by atoms with Gasteiger partial charge < -0.3 is 15.7 Å². The van der Waals surface area contributed by atoms with Crippen molar-refractivity contribution in [2.24, 2.45) is 0 Å². The van der Waals surface area contributed by atoms with Gasteiger partial charge in [0, 0.05) is 35.9 Å². The van der Waals surface area contributed by atoms with Crippen LogP contribution in [-0.4, -0.2) is 29.2 Å². The summed E-state index contributed by atoms with van der Waals surface area (Å²) < 4.78 is 0. The maximum absolute atomic E-state index is 12.0. The summed E-state index contributed by atoms with van der Waals surface area (Å²) in [6.07, 6.45) is 4.49. The second-order valence-electron chi connectivity index (χ2n) is 6.12. The lowest BCUT2D eigenvalue weighted by Crippen LogP contribution is -2.41. The fourth-order valence-electron chi connectivity index (χ4n) is 2.79. The summed E-state index contributed by atoms with van der Waals surface area (Å²) in [5, 5.41) is 16.4. The molecule has 126 valence electrons. The van der Waals surface area contributed by atoms with Crippen molar-refractivity contribution in [2.45, 2.75) is 24.4 Å². The number of aromatic nitrogens is 1. The minimum absolute atomic E-state index is 0.0562. The molecule has 0 spiro atoms. The van der Waals surface area contributed by atoms with Gasteiger partial charge in [0.15, 0.2) is 0 Å². The Morgan fingerprint density at radius 2 is 1.92 bits per heavy atom. The molecule has 0 radical (unpaired) electrons. The van der Waals surface area contributed by atoms with Crippen LogP contribution in [0.1, 0.15) is 30.1 Å². The summed E-state index contributed by atoms with van der Waals surface area (Å²) in [4.78, 5) is 15.9. The van der Waals surface area contributed by atoms with E-state index in [0.717, 1.165) is 29.0 Å². The number of benzene rings is 1. The minimum atomic E-state index is -0.753. The number of pyridine rings is 1. The Morgan fingerprint density at radius 3 is 2.58 bits per heavy atom. The van der Waals surface area contributed by atoms with E-state index in [-0.39, 0.29) is 18.0 Å². The Morgan fingerprint density at radius 1 is 1.21 bits per heavy atom. The van der Waals surface area contributed by atoms with E-state index in [1.54, 1.807) is 24.5 Å². The predicted octanol–water partition coefficient (Wildman–Crippen LogP) is 2.80. The van der Waals surface area contributed by atoms with E-state index in [9.17, 15) is 9.90 Å². The Hall–Kier alpha value is -2.11. The predicted molar refractivity (Wildman–Crippen MR) is 93.0 cm³/mol. The Bertz CT molecular complexity index is 704. The monoisotopic (exact) mass is 345 g/mol. The zero-order valence-electron chi connectivity index (χ0n) is 13.2. The maximum atomic E-state index is 12.0. The van der Waals surface area contributed by atoms with Crippen LogP contribution in [0.2, 0.25) is 5.02 Å². The number of nitrogens with one attached hydrogen (secondary N) is 2. The molecular weight excluding hydrogens is 326 g/mol. The molecule has 1 aromatic carbocycles. The number of urea groups is 1. The van der Waals surface area contributed by atoms with Gasteiger partial charge in [-0.05, 0) is 42.2 Å². The van der Waals surface area contributed by atoms with E-state index in [0.29, 0.717) is 6.54 Å². The van der Waals surface area contributed by atoms with Crippen LogP contribution in [0.3, 0.4) is 0 Å². The van der Waals surface area contributed by atoms with Gasteiger partial charge in [0.25, 0.3) is 0 Å². The van der Waals surface area contributed by atoms with Crippen molar-refractivity contribution in [2.75, 3.05) is 13.1 Å². The zero-order valence-corrected chi connectivity index (χ0v) is 14.0. The fraction of sp³-hybridized carbons (Fsp3) is 0.333. The first kappa shape index (κ1) is 16.7. The SMILES string of the molecule is O=C(NCC(O)c1ccncc1)NCC1(c2ccccc2Cl)CC1. The van der Waals surface area contributed by atoms with E-state index in [2.05, 4.69) is 15.6 Å². The average molecular weight is 346 g/mol. The third-order valence-corrected chi connectivity index (χ3v) is 4.76. The Balaban J connectivity index is 1.49. The second kappa shape index (κ2) is 7.20. The van der Waals surface area contributed by atoms with Gasteiger partial charge in [0.05, 0.1) is 6.10 Å². The molecule has 2 amide bonds. The highest BCUT2D eigenvalue weighted by molar-refractivity contribution is 6.31. The second-order valence-corrected chi connectivity index (χ2v) is 6.53. The van der Waals surface area contributed by atoms with E-state index in [4.69, 9.17) is 11.6 Å². The molecule has 1 aliphatic rings. The lowest BCUT2D eigenvalue weighted by atomic mass is 9.96. The molecule has 0 saturated heterocycles. The highest BCUT2D eigenvalue weighted by Crippen LogP contribution is 2.49. The molecule has 1 atom stereocenters. The highest BCUT2D eigenvalue weighted by Gasteiger charge is 2.45. The first-order valence-electron chi connectivity index (χ1n) is 7.95. The molecule has 3 N–H and O–H groups in total. The number of hydrogen-bond acceptors (Lipinski definition) is 3. The number of aliphatic hydroxyl groups is 1. The number of rotatable bonds is 6. The minimum Gasteiger partial charge on any atom is -0.387 e. The van der Waals surface area contributed by atoms with Crippen molar-refractivity contribution >= 4 is 17.6 Å². The molecule has 2 aromatic rings. The van der Waals surface area contributed by atoms with E-state index >= 15 is 0 Å². The number of nitrogens with zero attached hydrogens (tertiary/aromatic N) is 1. The van der Waals surface area contributed by atoms with Crippen LogP contribution in [0.15, 0.2) is 48.8 Å². The molecule has 3 rings (SSSR count). The summed E-state index contributed by atoms with van der Waals surface area (Å²) in [7, 11) is 0. The quantitative estimate of drug-likeness (QED) is 0.753.